The Bertz CT molecular complexity index is 946. The van der Waals surface area contributed by atoms with Gasteiger partial charge in [0.25, 0.3) is 0 Å². The van der Waals surface area contributed by atoms with Crippen LogP contribution >= 0.6 is 0 Å². The first-order valence-electron chi connectivity index (χ1n) is 9.53. The molecule has 0 radical (unpaired) electrons. The van der Waals surface area contributed by atoms with Crippen LogP contribution < -0.4 is 0 Å². The van der Waals surface area contributed by atoms with Crippen LogP contribution in [0.5, 0.6) is 0 Å². The number of carboxylic acids is 1. The van der Waals surface area contributed by atoms with Gasteiger partial charge in [-0.25, -0.2) is 9.78 Å². The molecule has 1 aliphatic rings. The van der Waals surface area contributed by atoms with Gasteiger partial charge in [-0.3, -0.25) is 0 Å². The van der Waals surface area contributed by atoms with Crippen molar-refractivity contribution < 1.29 is 9.90 Å². The van der Waals surface area contributed by atoms with E-state index in [1.165, 1.54) is 35.1 Å². The normalized spacial score (nSPS) is 18.3. The lowest BCUT2D eigenvalue weighted by atomic mass is 9.62. The van der Waals surface area contributed by atoms with E-state index >= 15 is 0 Å². The van der Waals surface area contributed by atoms with Gasteiger partial charge in [0.1, 0.15) is 0 Å². The van der Waals surface area contributed by atoms with Crippen molar-refractivity contribution in [2.45, 2.75) is 65.2 Å². The van der Waals surface area contributed by atoms with E-state index in [0.29, 0.717) is 5.69 Å². The number of nitrogens with zero attached hydrogens (tertiary/aromatic N) is 2. The van der Waals surface area contributed by atoms with E-state index in [4.69, 9.17) is 0 Å². The molecule has 144 valence electrons. The lowest BCUT2D eigenvalue weighted by Crippen LogP contribution is -2.34. The summed E-state index contributed by atoms with van der Waals surface area (Å²) >= 11 is 0. The van der Waals surface area contributed by atoms with E-state index in [0.717, 1.165) is 5.57 Å². The summed E-state index contributed by atoms with van der Waals surface area (Å²) in [6.45, 7) is 13.6. The molecular formula is C23H30N2O2. The van der Waals surface area contributed by atoms with Gasteiger partial charge in [-0.05, 0) is 71.4 Å². The van der Waals surface area contributed by atoms with Crippen LogP contribution in [0.25, 0.3) is 11.6 Å². The summed E-state index contributed by atoms with van der Waals surface area (Å²) in [6, 6.07) is 4.70. The van der Waals surface area contributed by atoms with Gasteiger partial charge in [-0.15, -0.1) is 0 Å². The van der Waals surface area contributed by atoms with Gasteiger partial charge in [0.05, 0.1) is 5.69 Å². The Balaban J connectivity index is 2.10. The van der Waals surface area contributed by atoms with Gasteiger partial charge in [0, 0.05) is 13.2 Å². The minimum atomic E-state index is -1.01. The predicted molar refractivity (Wildman–Crippen MR) is 110 cm³/mol. The van der Waals surface area contributed by atoms with Gasteiger partial charge in [0.2, 0.25) is 5.82 Å². The fourth-order valence-corrected chi connectivity index (χ4v) is 4.20. The van der Waals surface area contributed by atoms with Gasteiger partial charge in [-0.1, -0.05) is 39.8 Å². The predicted octanol–water partition coefficient (Wildman–Crippen LogP) is 5.34. The van der Waals surface area contributed by atoms with E-state index < -0.39 is 5.97 Å². The first-order chi connectivity index (χ1) is 12.4. The summed E-state index contributed by atoms with van der Waals surface area (Å²) < 4.78 is 1.55. The highest BCUT2D eigenvalue weighted by atomic mass is 16.4. The van der Waals surface area contributed by atoms with Crippen molar-refractivity contribution >= 4 is 17.6 Å². The number of benzene rings is 1. The molecule has 27 heavy (non-hydrogen) atoms. The van der Waals surface area contributed by atoms with Crippen LogP contribution in [-0.4, -0.2) is 20.6 Å². The van der Waals surface area contributed by atoms with Crippen LogP contribution in [0.3, 0.4) is 0 Å². The number of hydrogen-bond donors (Lipinski definition) is 1. The molecule has 4 heteroatoms. The third-order valence-corrected chi connectivity index (χ3v) is 6.07. The Morgan fingerprint density at radius 1 is 1.15 bits per heavy atom. The summed E-state index contributed by atoms with van der Waals surface area (Å²) in [4.78, 5) is 15.5. The molecule has 0 amide bonds. The minimum absolute atomic E-state index is 0.0547. The molecule has 0 saturated carbocycles. The summed E-state index contributed by atoms with van der Waals surface area (Å²) in [7, 11) is 1.71. The second kappa shape index (κ2) is 6.36. The number of aromatic carboxylic acids is 1. The first kappa shape index (κ1) is 19.4. The molecule has 0 atom stereocenters. The van der Waals surface area contributed by atoms with Gasteiger partial charge < -0.3 is 9.67 Å². The fraction of sp³-hybridized carbons (Fsp3) is 0.478. The second-order valence-electron chi connectivity index (χ2n) is 9.21. The van der Waals surface area contributed by atoms with Crippen LogP contribution in [0, 0.1) is 6.92 Å². The zero-order chi connectivity index (χ0) is 20.1. The lowest BCUT2D eigenvalue weighted by Gasteiger charge is -2.42. The van der Waals surface area contributed by atoms with Crippen LogP contribution in [-0.2, 0) is 17.9 Å². The first-order valence-corrected chi connectivity index (χ1v) is 9.53. The Hall–Kier alpha value is -2.36. The zero-order valence-corrected chi connectivity index (χ0v) is 17.5. The van der Waals surface area contributed by atoms with Crippen molar-refractivity contribution in [3.63, 3.8) is 0 Å². The van der Waals surface area contributed by atoms with Crippen molar-refractivity contribution in [1.29, 1.82) is 0 Å². The van der Waals surface area contributed by atoms with Crippen molar-refractivity contribution in [3.05, 3.63) is 52.1 Å². The van der Waals surface area contributed by atoms with Gasteiger partial charge in [-0.2, -0.15) is 0 Å². The molecule has 0 unspecified atom stereocenters. The second-order valence-corrected chi connectivity index (χ2v) is 9.21. The number of carbonyl (C=O) groups is 1. The largest absolute Gasteiger partial charge is 0.475 e. The topological polar surface area (TPSA) is 55.1 Å². The third-order valence-electron chi connectivity index (χ3n) is 6.07. The molecule has 1 aromatic carbocycles. The Labute approximate surface area is 161 Å². The SMILES string of the molecule is C/C(=C/c1cn(C)c(C(=O)O)n1)c1cc2c(cc1C)C(C)(C)CCC2(C)C. The Morgan fingerprint density at radius 3 is 2.22 bits per heavy atom. The van der Waals surface area contributed by atoms with Crippen molar-refractivity contribution in [3.8, 4) is 0 Å². The quantitative estimate of drug-likeness (QED) is 0.798. The number of fused-ring (bicyclic) bond motifs is 1. The van der Waals surface area contributed by atoms with E-state index in [9.17, 15) is 9.90 Å². The van der Waals surface area contributed by atoms with Crippen LogP contribution in [0.1, 0.15) is 86.0 Å². The van der Waals surface area contributed by atoms with Crippen molar-refractivity contribution in [2.75, 3.05) is 0 Å². The number of hydrogen-bond acceptors (Lipinski definition) is 2. The highest BCUT2D eigenvalue weighted by Gasteiger charge is 2.37. The molecule has 1 N–H and O–H groups in total. The highest BCUT2D eigenvalue weighted by molar-refractivity contribution is 5.86. The van der Waals surface area contributed by atoms with E-state index in [1.807, 2.05) is 6.08 Å². The van der Waals surface area contributed by atoms with Crippen LogP contribution in [0.15, 0.2) is 18.3 Å². The van der Waals surface area contributed by atoms with E-state index in [-0.39, 0.29) is 16.7 Å². The van der Waals surface area contributed by atoms with Gasteiger partial charge >= 0.3 is 5.97 Å². The Kier molecular flexibility index (Phi) is 4.57. The zero-order valence-electron chi connectivity index (χ0n) is 17.5. The average molecular weight is 367 g/mol. The van der Waals surface area contributed by atoms with Crippen molar-refractivity contribution in [2.24, 2.45) is 7.05 Å². The molecule has 0 saturated heterocycles. The molecule has 1 heterocycles. The molecule has 1 aliphatic carbocycles. The molecule has 0 aliphatic heterocycles. The maximum absolute atomic E-state index is 11.2. The summed E-state index contributed by atoms with van der Waals surface area (Å²) in [6.07, 6.45) is 6.11. The lowest BCUT2D eigenvalue weighted by molar-refractivity contribution is 0.0679. The molecule has 4 nitrogen and oxygen atoms in total. The maximum Gasteiger partial charge on any atom is 0.372 e. The highest BCUT2D eigenvalue weighted by Crippen LogP contribution is 2.47. The number of allylic oxidation sites excluding steroid dienone is 1. The third kappa shape index (κ3) is 3.45. The molecule has 0 spiro atoms. The fourth-order valence-electron chi connectivity index (χ4n) is 4.20. The number of aryl methyl sites for hydroxylation is 2. The van der Waals surface area contributed by atoms with Crippen LogP contribution in [0.4, 0.5) is 0 Å². The average Bonchev–Trinajstić information content (AvgIpc) is 2.92. The summed E-state index contributed by atoms with van der Waals surface area (Å²) in [5, 5.41) is 9.21. The van der Waals surface area contributed by atoms with Gasteiger partial charge in [0.15, 0.2) is 0 Å². The van der Waals surface area contributed by atoms with Crippen LogP contribution in [0.2, 0.25) is 0 Å². The maximum atomic E-state index is 11.2. The molecule has 0 fully saturated rings. The molecule has 2 aromatic rings. The standard InChI is InChI=1S/C23H30N2O2/c1-14(10-16-13-25(7)20(24-16)21(26)27)17-12-19-18(11-15(17)2)22(3,4)8-9-23(19,5)6/h10-13H,8-9H2,1-7H3,(H,26,27)/b14-10-. The molecule has 0 bridgehead atoms. The molecule has 1 aromatic heterocycles. The number of imidazole rings is 1. The smallest absolute Gasteiger partial charge is 0.372 e. The van der Waals surface area contributed by atoms with E-state index in [2.05, 4.69) is 58.7 Å². The molecular weight excluding hydrogens is 336 g/mol. The number of rotatable bonds is 3. The Morgan fingerprint density at radius 2 is 1.70 bits per heavy atom. The van der Waals surface area contributed by atoms with Crippen molar-refractivity contribution in [1.82, 2.24) is 9.55 Å². The van der Waals surface area contributed by atoms with E-state index in [1.54, 1.807) is 17.8 Å². The number of aromatic nitrogens is 2. The number of carboxylic acid groups (broad SMARTS) is 1. The summed E-state index contributed by atoms with van der Waals surface area (Å²) in [5.41, 5.74) is 7.48. The summed E-state index contributed by atoms with van der Waals surface area (Å²) in [5.74, 6) is -0.956. The minimum Gasteiger partial charge on any atom is -0.475 e. The monoisotopic (exact) mass is 366 g/mol. The molecule has 3 rings (SSSR count).